The molecule has 0 N–H and O–H groups in total. The molecule has 216 valence electrons. The maximum absolute atomic E-state index is 13.9. The van der Waals surface area contributed by atoms with Gasteiger partial charge >= 0.3 is 0 Å². The van der Waals surface area contributed by atoms with E-state index in [0.717, 1.165) is 17.3 Å². The molecule has 1 aliphatic rings. The summed E-state index contributed by atoms with van der Waals surface area (Å²) >= 11 is 6.60. The summed E-state index contributed by atoms with van der Waals surface area (Å²) in [4.78, 5) is 47.3. The van der Waals surface area contributed by atoms with Gasteiger partial charge in [-0.25, -0.2) is 4.68 Å². The fourth-order valence-corrected chi connectivity index (χ4v) is 6.10. The average Bonchev–Trinajstić information content (AvgIpc) is 3.40. The number of aromatic nitrogens is 4. The molecule has 0 bridgehead atoms. The number of amides is 1. The molecule has 10 nitrogen and oxygen atoms in total. The number of hydrogen-bond donors (Lipinski definition) is 0. The third-order valence-corrected chi connectivity index (χ3v) is 8.44. The standard InChI is InChI=1S/C31H25N5O5S2/c1-18-9-8-16-34-26(18)32-27(41-22-14-12-21(40-4)13-15-22)23(28(34)37)17-24-29(38)35(31(42)43-24)25-19(2)33(3)36(30(25)39)20-10-6-5-7-11-20/h5-17H,1-4H3. The van der Waals surface area contributed by atoms with E-state index in [4.69, 9.17) is 21.7 Å². The Bertz CT molecular complexity index is 2080. The van der Waals surface area contributed by atoms with Crippen molar-refractivity contribution in [2.45, 2.75) is 13.8 Å². The maximum Gasteiger partial charge on any atom is 0.296 e. The van der Waals surface area contributed by atoms with Crippen molar-refractivity contribution < 1.29 is 14.3 Å². The van der Waals surface area contributed by atoms with Gasteiger partial charge in [-0.3, -0.25) is 28.4 Å². The van der Waals surface area contributed by atoms with Gasteiger partial charge in [0.1, 0.15) is 28.4 Å². The van der Waals surface area contributed by atoms with E-state index in [9.17, 15) is 14.4 Å². The van der Waals surface area contributed by atoms with Gasteiger partial charge in [-0.2, -0.15) is 4.98 Å². The smallest absolute Gasteiger partial charge is 0.296 e. The minimum absolute atomic E-state index is 0.0251. The molecule has 0 radical (unpaired) electrons. The lowest BCUT2D eigenvalue weighted by molar-refractivity contribution is -0.113. The highest BCUT2D eigenvalue weighted by atomic mass is 32.2. The van der Waals surface area contributed by atoms with Crippen molar-refractivity contribution in [3.63, 3.8) is 0 Å². The molecule has 1 amide bonds. The summed E-state index contributed by atoms with van der Waals surface area (Å²) < 4.78 is 16.1. The summed E-state index contributed by atoms with van der Waals surface area (Å²) in [6.07, 6.45) is 3.03. The van der Waals surface area contributed by atoms with Crippen LogP contribution in [0.5, 0.6) is 17.4 Å². The van der Waals surface area contributed by atoms with E-state index in [2.05, 4.69) is 4.98 Å². The molecule has 0 spiro atoms. The largest absolute Gasteiger partial charge is 0.497 e. The first-order chi connectivity index (χ1) is 20.7. The Morgan fingerprint density at radius 3 is 2.30 bits per heavy atom. The lowest BCUT2D eigenvalue weighted by Crippen LogP contribution is -2.33. The fourth-order valence-electron chi connectivity index (χ4n) is 4.85. The molecule has 6 rings (SSSR count). The zero-order valence-corrected chi connectivity index (χ0v) is 25.2. The lowest BCUT2D eigenvalue weighted by Gasteiger charge is -2.13. The summed E-state index contributed by atoms with van der Waals surface area (Å²) in [5.74, 6) is 0.567. The van der Waals surface area contributed by atoms with Crippen LogP contribution in [0.15, 0.2) is 87.4 Å². The van der Waals surface area contributed by atoms with Crippen molar-refractivity contribution in [1.82, 2.24) is 18.7 Å². The highest BCUT2D eigenvalue weighted by Gasteiger charge is 2.38. The summed E-state index contributed by atoms with van der Waals surface area (Å²) in [7, 11) is 3.31. The third-order valence-electron chi connectivity index (χ3n) is 7.14. The number of thioether (sulfide) groups is 1. The number of pyridine rings is 1. The van der Waals surface area contributed by atoms with Gasteiger partial charge in [0.2, 0.25) is 5.88 Å². The van der Waals surface area contributed by atoms with Crippen LogP contribution in [0.3, 0.4) is 0 Å². The van der Waals surface area contributed by atoms with Gasteiger partial charge in [-0.1, -0.05) is 48.2 Å². The second-order valence-electron chi connectivity index (χ2n) is 9.73. The number of methoxy groups -OCH3 is 1. The summed E-state index contributed by atoms with van der Waals surface area (Å²) in [5, 5.41) is 0. The van der Waals surface area contributed by atoms with Crippen LogP contribution in [0.2, 0.25) is 0 Å². The molecule has 4 heterocycles. The van der Waals surface area contributed by atoms with Crippen LogP contribution in [0.4, 0.5) is 5.69 Å². The first-order valence-corrected chi connectivity index (χ1v) is 14.4. The Morgan fingerprint density at radius 2 is 1.60 bits per heavy atom. The van der Waals surface area contributed by atoms with Crippen LogP contribution >= 0.6 is 24.0 Å². The van der Waals surface area contributed by atoms with Crippen LogP contribution in [0.25, 0.3) is 17.4 Å². The fraction of sp³-hybridized carbons (Fsp3) is 0.129. The average molecular weight is 612 g/mol. The zero-order chi connectivity index (χ0) is 30.4. The highest BCUT2D eigenvalue weighted by molar-refractivity contribution is 8.27. The Balaban J connectivity index is 1.46. The van der Waals surface area contributed by atoms with Crippen molar-refractivity contribution >= 4 is 51.6 Å². The van der Waals surface area contributed by atoms with Crippen LogP contribution in [0.1, 0.15) is 16.8 Å². The van der Waals surface area contributed by atoms with E-state index in [0.29, 0.717) is 28.5 Å². The van der Waals surface area contributed by atoms with E-state index in [1.165, 1.54) is 20.1 Å². The summed E-state index contributed by atoms with van der Waals surface area (Å²) in [6, 6.07) is 19.6. The van der Waals surface area contributed by atoms with Gasteiger partial charge in [0.05, 0.1) is 23.4 Å². The molecule has 0 saturated carbocycles. The molecule has 1 saturated heterocycles. The summed E-state index contributed by atoms with van der Waals surface area (Å²) in [6.45, 7) is 3.59. The first-order valence-electron chi connectivity index (χ1n) is 13.2. The molecule has 2 aromatic carbocycles. The van der Waals surface area contributed by atoms with E-state index in [1.54, 1.807) is 74.4 Å². The van der Waals surface area contributed by atoms with Gasteiger partial charge in [-0.15, -0.1) is 0 Å². The number of rotatable bonds is 6. The molecule has 1 fully saturated rings. The number of fused-ring (bicyclic) bond motifs is 1. The summed E-state index contributed by atoms with van der Waals surface area (Å²) in [5.41, 5.74) is 1.78. The number of anilines is 1. The second-order valence-corrected chi connectivity index (χ2v) is 11.4. The number of hydrogen-bond acceptors (Lipinski definition) is 8. The normalized spacial score (nSPS) is 14.2. The highest BCUT2D eigenvalue weighted by Crippen LogP contribution is 2.37. The number of carbonyl (C=O) groups is 1. The molecule has 43 heavy (non-hydrogen) atoms. The number of ether oxygens (including phenoxy) is 2. The molecule has 1 aliphatic heterocycles. The monoisotopic (exact) mass is 611 g/mol. The molecule has 12 heteroatoms. The van der Waals surface area contributed by atoms with Crippen molar-refractivity contribution in [2.24, 2.45) is 7.05 Å². The Hall–Kier alpha value is -4.94. The van der Waals surface area contributed by atoms with Crippen molar-refractivity contribution in [1.29, 1.82) is 0 Å². The molecule has 0 unspecified atom stereocenters. The third kappa shape index (κ3) is 4.84. The Kier molecular flexibility index (Phi) is 7.24. The zero-order valence-electron chi connectivity index (χ0n) is 23.6. The van der Waals surface area contributed by atoms with E-state index in [1.807, 2.05) is 31.2 Å². The number of aryl methyl sites for hydroxylation is 1. The Morgan fingerprint density at radius 1 is 0.907 bits per heavy atom. The molecular weight excluding hydrogens is 587 g/mol. The van der Waals surface area contributed by atoms with Crippen molar-refractivity contribution in [3.05, 3.63) is 115 Å². The quantitative estimate of drug-likeness (QED) is 0.195. The number of para-hydroxylation sites is 1. The molecule has 3 aromatic heterocycles. The Labute approximate surface area is 255 Å². The molecular formula is C31H25N5O5S2. The van der Waals surface area contributed by atoms with Gasteiger partial charge in [0.25, 0.3) is 17.0 Å². The van der Waals surface area contributed by atoms with Crippen LogP contribution in [0, 0.1) is 13.8 Å². The van der Waals surface area contributed by atoms with Crippen LogP contribution in [-0.4, -0.2) is 36.1 Å². The topological polar surface area (TPSA) is 100 Å². The minimum atomic E-state index is -0.523. The van der Waals surface area contributed by atoms with Crippen LogP contribution < -0.4 is 25.5 Å². The molecule has 5 aromatic rings. The van der Waals surface area contributed by atoms with Gasteiger partial charge in [-0.05, 0) is 68.0 Å². The SMILES string of the molecule is COc1ccc(Oc2nc3c(C)cccn3c(=O)c2C=C2SC(=S)N(c3c(C)n(C)n(-c4ccccc4)c3=O)C2=O)cc1. The van der Waals surface area contributed by atoms with Gasteiger partial charge < -0.3 is 9.47 Å². The van der Waals surface area contributed by atoms with Gasteiger partial charge in [0, 0.05) is 13.2 Å². The molecule has 0 aliphatic carbocycles. The van der Waals surface area contributed by atoms with Crippen molar-refractivity contribution in [3.8, 4) is 23.1 Å². The number of carbonyl (C=O) groups excluding carboxylic acids is 1. The lowest BCUT2D eigenvalue weighted by atomic mass is 10.2. The number of benzene rings is 2. The van der Waals surface area contributed by atoms with E-state index < -0.39 is 17.0 Å². The number of nitrogens with zero attached hydrogens (tertiary/aromatic N) is 5. The van der Waals surface area contributed by atoms with Gasteiger partial charge in [0.15, 0.2) is 4.32 Å². The maximum atomic E-state index is 13.9. The second kappa shape index (κ2) is 11.0. The predicted molar refractivity (Wildman–Crippen MR) is 171 cm³/mol. The number of thiocarbonyl (C=S) groups is 1. The first kappa shape index (κ1) is 28.2. The predicted octanol–water partition coefficient (Wildman–Crippen LogP) is 5.01. The van der Waals surface area contributed by atoms with Crippen molar-refractivity contribution in [2.75, 3.05) is 12.0 Å². The molecule has 0 atom stereocenters. The minimum Gasteiger partial charge on any atom is -0.497 e. The van der Waals surface area contributed by atoms with Crippen LogP contribution in [-0.2, 0) is 11.8 Å². The van der Waals surface area contributed by atoms with E-state index in [-0.39, 0.29) is 26.4 Å². The van der Waals surface area contributed by atoms with E-state index >= 15 is 0 Å².